The van der Waals surface area contributed by atoms with Gasteiger partial charge in [-0.15, -0.1) is 0 Å². The average molecular weight is 220 g/mol. The molecule has 0 spiro atoms. The highest BCUT2D eigenvalue weighted by molar-refractivity contribution is 5.28. The normalized spacial score (nSPS) is 12.9. The Kier molecular flexibility index (Phi) is 3.03. The number of nitrogens with two attached hydrogens (primary N) is 2. The van der Waals surface area contributed by atoms with Gasteiger partial charge < -0.3 is 16.6 Å². The summed E-state index contributed by atoms with van der Waals surface area (Å²) in [5, 5.41) is 8.71. The van der Waals surface area contributed by atoms with Gasteiger partial charge in [-0.05, 0) is 11.1 Å². The molecule has 0 radical (unpaired) electrons. The lowest BCUT2D eigenvalue weighted by molar-refractivity contribution is -0.188. The lowest BCUT2D eigenvalue weighted by atomic mass is 9.99. The van der Waals surface area contributed by atoms with Gasteiger partial charge in [0.15, 0.2) is 5.66 Å². The van der Waals surface area contributed by atoms with Crippen molar-refractivity contribution in [2.24, 2.45) is 11.5 Å². The standard InChI is InChI=1S/C9H11F3N2O/c10-9(11,12)8(13,14)7-3-1-6(5-15)2-4-7/h1-4,15H,5,13-14H2. The Balaban J connectivity index is 3.06. The first kappa shape index (κ1) is 12.0. The molecule has 5 N–H and O–H groups in total. The monoisotopic (exact) mass is 220 g/mol. The maximum atomic E-state index is 12.4. The van der Waals surface area contributed by atoms with E-state index in [9.17, 15) is 13.2 Å². The topological polar surface area (TPSA) is 72.3 Å². The molecule has 0 aliphatic heterocycles. The van der Waals surface area contributed by atoms with E-state index in [0.29, 0.717) is 5.56 Å². The second kappa shape index (κ2) is 3.80. The van der Waals surface area contributed by atoms with E-state index in [-0.39, 0.29) is 12.2 Å². The number of hydrogen-bond acceptors (Lipinski definition) is 3. The van der Waals surface area contributed by atoms with Crippen LogP contribution in [0.1, 0.15) is 11.1 Å². The van der Waals surface area contributed by atoms with Gasteiger partial charge in [-0.3, -0.25) is 0 Å². The zero-order chi connectivity index (χ0) is 11.7. The summed E-state index contributed by atoms with van der Waals surface area (Å²) >= 11 is 0. The molecule has 0 aliphatic carbocycles. The minimum absolute atomic E-state index is 0.242. The number of halogens is 3. The average Bonchev–Trinajstić information content (AvgIpc) is 2.16. The highest BCUT2D eigenvalue weighted by Gasteiger charge is 2.50. The minimum Gasteiger partial charge on any atom is -0.392 e. The van der Waals surface area contributed by atoms with Gasteiger partial charge >= 0.3 is 6.18 Å². The Bertz CT molecular complexity index is 332. The molecule has 0 atom stereocenters. The molecular formula is C9H11F3N2O. The highest BCUT2D eigenvalue weighted by atomic mass is 19.4. The zero-order valence-electron chi connectivity index (χ0n) is 7.75. The summed E-state index contributed by atoms with van der Waals surface area (Å²) < 4.78 is 37.2. The SMILES string of the molecule is NC(N)(c1ccc(CO)cc1)C(F)(F)F. The van der Waals surface area contributed by atoms with Crippen LogP contribution in [0.3, 0.4) is 0 Å². The van der Waals surface area contributed by atoms with Crippen LogP contribution in [0.25, 0.3) is 0 Å². The van der Waals surface area contributed by atoms with Gasteiger partial charge in [0.1, 0.15) is 0 Å². The molecule has 0 aromatic heterocycles. The van der Waals surface area contributed by atoms with E-state index in [1.54, 1.807) is 0 Å². The predicted molar refractivity (Wildman–Crippen MR) is 48.5 cm³/mol. The van der Waals surface area contributed by atoms with Crippen molar-refractivity contribution >= 4 is 0 Å². The van der Waals surface area contributed by atoms with E-state index >= 15 is 0 Å². The second-order valence-electron chi connectivity index (χ2n) is 3.22. The van der Waals surface area contributed by atoms with Crippen LogP contribution in [-0.2, 0) is 12.3 Å². The smallest absolute Gasteiger partial charge is 0.392 e. The molecule has 1 aromatic rings. The van der Waals surface area contributed by atoms with Crippen molar-refractivity contribution in [2.45, 2.75) is 18.4 Å². The molecule has 1 aromatic carbocycles. The van der Waals surface area contributed by atoms with E-state index in [1.165, 1.54) is 12.1 Å². The molecule has 3 nitrogen and oxygen atoms in total. The fourth-order valence-electron chi connectivity index (χ4n) is 1.05. The molecule has 0 aliphatic rings. The number of alkyl halides is 3. The van der Waals surface area contributed by atoms with E-state index in [1.807, 2.05) is 0 Å². The van der Waals surface area contributed by atoms with Crippen LogP contribution in [0.2, 0.25) is 0 Å². The maximum Gasteiger partial charge on any atom is 0.423 e. The van der Waals surface area contributed by atoms with E-state index in [2.05, 4.69) is 0 Å². The summed E-state index contributed by atoms with van der Waals surface area (Å²) in [6.07, 6.45) is -4.71. The second-order valence-corrected chi connectivity index (χ2v) is 3.22. The quantitative estimate of drug-likeness (QED) is 0.646. The first-order valence-corrected chi connectivity index (χ1v) is 4.14. The van der Waals surface area contributed by atoms with E-state index in [4.69, 9.17) is 16.6 Å². The molecule has 84 valence electrons. The molecule has 6 heteroatoms. The van der Waals surface area contributed by atoms with Gasteiger partial charge in [-0.2, -0.15) is 13.2 Å². The van der Waals surface area contributed by atoms with Crippen LogP contribution in [0.15, 0.2) is 24.3 Å². The summed E-state index contributed by atoms with van der Waals surface area (Å²) in [6, 6.07) is 4.99. The first-order valence-electron chi connectivity index (χ1n) is 4.14. The summed E-state index contributed by atoms with van der Waals surface area (Å²) in [5.41, 5.74) is 7.39. The zero-order valence-corrected chi connectivity index (χ0v) is 7.75. The Morgan fingerprint density at radius 3 is 1.87 bits per heavy atom. The molecule has 0 heterocycles. The number of benzene rings is 1. The van der Waals surface area contributed by atoms with Crippen LogP contribution in [0, 0.1) is 0 Å². The third-order valence-corrected chi connectivity index (χ3v) is 2.08. The molecule has 0 saturated carbocycles. The molecule has 1 rings (SSSR count). The van der Waals surface area contributed by atoms with E-state index in [0.717, 1.165) is 12.1 Å². The maximum absolute atomic E-state index is 12.4. The molecule has 0 fully saturated rings. The van der Waals surface area contributed by atoms with Crippen molar-refractivity contribution < 1.29 is 18.3 Å². The predicted octanol–water partition coefficient (Wildman–Crippen LogP) is 0.811. The van der Waals surface area contributed by atoms with Crippen molar-refractivity contribution in [3.63, 3.8) is 0 Å². The van der Waals surface area contributed by atoms with Crippen LogP contribution < -0.4 is 11.5 Å². The summed E-state index contributed by atoms with van der Waals surface area (Å²) in [7, 11) is 0. The van der Waals surface area contributed by atoms with Crippen molar-refractivity contribution in [2.75, 3.05) is 0 Å². The van der Waals surface area contributed by atoms with Gasteiger partial charge in [0.25, 0.3) is 0 Å². The third kappa shape index (κ3) is 2.28. The third-order valence-electron chi connectivity index (χ3n) is 2.08. The van der Waals surface area contributed by atoms with Gasteiger partial charge in [0.05, 0.1) is 6.61 Å². The fourth-order valence-corrected chi connectivity index (χ4v) is 1.05. The Morgan fingerprint density at radius 1 is 1.07 bits per heavy atom. The van der Waals surface area contributed by atoms with Crippen LogP contribution in [0.5, 0.6) is 0 Å². The molecule has 0 bridgehead atoms. The fraction of sp³-hybridized carbons (Fsp3) is 0.333. The van der Waals surface area contributed by atoms with Crippen LogP contribution in [-0.4, -0.2) is 11.3 Å². The Labute approximate surface area is 84.5 Å². The van der Waals surface area contributed by atoms with Crippen LogP contribution in [0.4, 0.5) is 13.2 Å². The molecule has 0 saturated heterocycles. The highest BCUT2D eigenvalue weighted by Crippen LogP contribution is 2.32. The number of aliphatic hydroxyl groups is 1. The molecule has 15 heavy (non-hydrogen) atoms. The lowest BCUT2D eigenvalue weighted by Crippen LogP contribution is -2.57. The summed E-state index contributed by atoms with van der Waals surface area (Å²) in [6.45, 7) is -0.242. The van der Waals surface area contributed by atoms with Crippen molar-refractivity contribution in [3.8, 4) is 0 Å². The number of aliphatic hydroxyl groups excluding tert-OH is 1. The van der Waals surface area contributed by atoms with Gasteiger partial charge in [0.2, 0.25) is 0 Å². The summed E-state index contributed by atoms with van der Waals surface area (Å²) in [5.74, 6) is 0. The van der Waals surface area contributed by atoms with Crippen molar-refractivity contribution in [3.05, 3.63) is 35.4 Å². The van der Waals surface area contributed by atoms with Crippen LogP contribution >= 0.6 is 0 Å². The van der Waals surface area contributed by atoms with Gasteiger partial charge in [-0.25, -0.2) is 0 Å². The number of hydrogen-bond donors (Lipinski definition) is 3. The van der Waals surface area contributed by atoms with E-state index < -0.39 is 11.8 Å². The largest absolute Gasteiger partial charge is 0.423 e. The minimum atomic E-state index is -4.71. The Morgan fingerprint density at radius 2 is 1.53 bits per heavy atom. The first-order chi connectivity index (χ1) is 6.79. The lowest BCUT2D eigenvalue weighted by Gasteiger charge is -2.27. The number of rotatable bonds is 2. The molecular weight excluding hydrogens is 209 g/mol. The molecule has 0 amide bonds. The Hall–Kier alpha value is -1.11. The van der Waals surface area contributed by atoms with Crippen molar-refractivity contribution in [1.82, 2.24) is 0 Å². The molecule has 0 unspecified atom stereocenters. The van der Waals surface area contributed by atoms with Crippen molar-refractivity contribution in [1.29, 1.82) is 0 Å². The van der Waals surface area contributed by atoms with Gasteiger partial charge in [0, 0.05) is 0 Å². The van der Waals surface area contributed by atoms with Gasteiger partial charge in [-0.1, -0.05) is 24.3 Å². The summed E-state index contributed by atoms with van der Waals surface area (Å²) in [4.78, 5) is 0.